The first-order valence-electron chi connectivity index (χ1n) is 7.35. The topological polar surface area (TPSA) is 60.2 Å². The maximum absolute atomic E-state index is 5.82. The van der Waals surface area contributed by atoms with Crippen LogP contribution >= 0.6 is 0 Å². The normalized spacial score (nSPS) is 30.5. The number of hydrazine groups is 1. The lowest BCUT2D eigenvalue weighted by Gasteiger charge is -2.30. The molecule has 2 aliphatic carbocycles. The number of nitrogens with zero attached hydrogens (tertiary/aromatic N) is 1. The fourth-order valence-corrected chi connectivity index (χ4v) is 4.02. The summed E-state index contributed by atoms with van der Waals surface area (Å²) in [5.74, 6) is 9.07. The molecule has 2 fully saturated rings. The van der Waals surface area contributed by atoms with E-state index in [0.717, 1.165) is 23.1 Å². The molecular weight excluding hydrogens is 238 g/mol. The van der Waals surface area contributed by atoms with Gasteiger partial charge in [-0.05, 0) is 55.6 Å². The Morgan fingerprint density at radius 3 is 2.95 bits per heavy atom. The van der Waals surface area contributed by atoms with Crippen molar-refractivity contribution < 1.29 is 4.74 Å². The molecule has 0 radical (unpaired) electrons. The molecule has 0 aromatic carbocycles. The number of rotatable bonds is 5. The van der Waals surface area contributed by atoms with Crippen LogP contribution in [0.25, 0.3) is 0 Å². The van der Waals surface area contributed by atoms with Crippen LogP contribution in [-0.2, 0) is 0 Å². The van der Waals surface area contributed by atoms with E-state index in [2.05, 4.69) is 16.5 Å². The van der Waals surface area contributed by atoms with Gasteiger partial charge in [-0.25, -0.2) is 0 Å². The van der Waals surface area contributed by atoms with Crippen LogP contribution in [0.4, 0.5) is 0 Å². The second-order valence-corrected chi connectivity index (χ2v) is 5.87. The van der Waals surface area contributed by atoms with Crippen molar-refractivity contribution in [3.05, 3.63) is 24.0 Å². The smallest absolute Gasteiger partial charge is 0.137 e. The van der Waals surface area contributed by atoms with Crippen molar-refractivity contribution in [2.45, 2.75) is 38.6 Å². The summed E-state index contributed by atoms with van der Waals surface area (Å²) in [6, 6.07) is 2.29. The van der Waals surface area contributed by atoms with Crippen LogP contribution in [0, 0.1) is 17.8 Å². The van der Waals surface area contributed by atoms with E-state index in [-0.39, 0.29) is 6.04 Å². The fraction of sp³-hybridized carbons (Fsp3) is 0.667. The van der Waals surface area contributed by atoms with Crippen LogP contribution in [0.15, 0.2) is 18.5 Å². The summed E-state index contributed by atoms with van der Waals surface area (Å²) in [4.78, 5) is 4.29. The number of fused-ring (bicyclic) bond motifs is 2. The van der Waals surface area contributed by atoms with Gasteiger partial charge in [-0.1, -0.05) is 6.42 Å². The molecule has 4 atom stereocenters. The summed E-state index contributed by atoms with van der Waals surface area (Å²) in [5.41, 5.74) is 4.18. The van der Waals surface area contributed by atoms with Gasteiger partial charge in [0.25, 0.3) is 0 Å². The minimum absolute atomic E-state index is 0.211. The first-order chi connectivity index (χ1) is 9.31. The number of hydrogen-bond donors (Lipinski definition) is 2. The average Bonchev–Trinajstić information content (AvgIpc) is 3.03. The quantitative estimate of drug-likeness (QED) is 0.631. The van der Waals surface area contributed by atoms with E-state index in [0.29, 0.717) is 12.5 Å². The van der Waals surface area contributed by atoms with Crippen molar-refractivity contribution in [3.8, 4) is 5.75 Å². The molecule has 2 aliphatic rings. The van der Waals surface area contributed by atoms with E-state index in [1.807, 2.05) is 13.1 Å². The number of ether oxygens (including phenoxy) is 1. The predicted octanol–water partition coefficient (Wildman–Crippen LogP) is 2.42. The molecule has 3 rings (SSSR count). The van der Waals surface area contributed by atoms with Gasteiger partial charge >= 0.3 is 0 Å². The Balaban J connectivity index is 1.80. The summed E-state index contributed by atoms with van der Waals surface area (Å²) >= 11 is 0. The van der Waals surface area contributed by atoms with Gasteiger partial charge in [-0.15, -0.1) is 0 Å². The Labute approximate surface area is 114 Å². The van der Waals surface area contributed by atoms with Gasteiger partial charge in [0.15, 0.2) is 0 Å². The lowest BCUT2D eigenvalue weighted by molar-refractivity contribution is 0.251. The number of nitrogens with two attached hydrogens (primary N) is 1. The van der Waals surface area contributed by atoms with Gasteiger partial charge in [-0.3, -0.25) is 16.3 Å². The van der Waals surface area contributed by atoms with Crippen LogP contribution < -0.4 is 16.0 Å². The zero-order chi connectivity index (χ0) is 13.2. The van der Waals surface area contributed by atoms with Crippen molar-refractivity contribution in [3.63, 3.8) is 0 Å². The van der Waals surface area contributed by atoms with Crippen LogP contribution in [0.2, 0.25) is 0 Å². The van der Waals surface area contributed by atoms with Crippen LogP contribution in [0.3, 0.4) is 0 Å². The molecule has 4 nitrogen and oxygen atoms in total. The minimum Gasteiger partial charge on any atom is -0.492 e. The molecule has 0 saturated heterocycles. The Kier molecular flexibility index (Phi) is 3.71. The molecular formula is C15H23N3O. The largest absolute Gasteiger partial charge is 0.492 e. The molecule has 3 N–H and O–H groups in total. The van der Waals surface area contributed by atoms with E-state index in [4.69, 9.17) is 10.6 Å². The highest BCUT2D eigenvalue weighted by molar-refractivity contribution is 5.27. The van der Waals surface area contributed by atoms with Gasteiger partial charge in [0.05, 0.1) is 18.8 Å². The molecule has 1 aromatic heterocycles. The summed E-state index contributed by atoms with van der Waals surface area (Å²) in [7, 11) is 0. The van der Waals surface area contributed by atoms with Gasteiger partial charge in [0, 0.05) is 6.20 Å². The SMILES string of the molecule is CCOc1cncc(C(NN)C2CC3CCC2C3)c1. The zero-order valence-corrected chi connectivity index (χ0v) is 11.5. The summed E-state index contributed by atoms with van der Waals surface area (Å²) < 4.78 is 5.53. The first kappa shape index (κ1) is 12.9. The molecule has 104 valence electrons. The van der Waals surface area contributed by atoms with Crippen molar-refractivity contribution in [2.24, 2.45) is 23.6 Å². The standard InChI is InChI=1S/C15H23N3O/c1-2-19-13-7-12(8-17-9-13)15(18-16)14-6-10-3-4-11(14)5-10/h7-11,14-15,18H,2-6,16H2,1H3. The molecule has 0 amide bonds. The number of pyridine rings is 1. The molecule has 19 heavy (non-hydrogen) atoms. The number of hydrogen-bond acceptors (Lipinski definition) is 4. The Bertz CT molecular complexity index is 437. The first-order valence-corrected chi connectivity index (χ1v) is 7.35. The maximum Gasteiger partial charge on any atom is 0.137 e. The van der Waals surface area contributed by atoms with Gasteiger partial charge < -0.3 is 4.74 Å². The molecule has 2 saturated carbocycles. The Hall–Kier alpha value is -1.13. The number of aromatic nitrogens is 1. The average molecular weight is 261 g/mol. The van der Waals surface area contributed by atoms with Crippen molar-refractivity contribution >= 4 is 0 Å². The van der Waals surface area contributed by atoms with Crippen molar-refractivity contribution in [1.82, 2.24) is 10.4 Å². The van der Waals surface area contributed by atoms with Gasteiger partial charge in [0.2, 0.25) is 0 Å². The van der Waals surface area contributed by atoms with E-state index >= 15 is 0 Å². The maximum atomic E-state index is 5.82. The highest BCUT2D eigenvalue weighted by Gasteiger charge is 2.43. The molecule has 2 bridgehead atoms. The van der Waals surface area contributed by atoms with E-state index in [9.17, 15) is 0 Å². The Morgan fingerprint density at radius 2 is 2.32 bits per heavy atom. The molecule has 0 spiro atoms. The molecule has 4 unspecified atom stereocenters. The van der Waals surface area contributed by atoms with Crippen molar-refractivity contribution in [2.75, 3.05) is 6.61 Å². The highest BCUT2D eigenvalue weighted by Crippen LogP contribution is 2.52. The second kappa shape index (κ2) is 5.47. The Morgan fingerprint density at radius 1 is 1.42 bits per heavy atom. The zero-order valence-electron chi connectivity index (χ0n) is 11.5. The molecule has 1 aromatic rings. The fourth-order valence-electron chi connectivity index (χ4n) is 4.02. The van der Waals surface area contributed by atoms with Gasteiger partial charge in [-0.2, -0.15) is 0 Å². The van der Waals surface area contributed by atoms with Crippen molar-refractivity contribution in [1.29, 1.82) is 0 Å². The molecule has 1 heterocycles. The third-order valence-corrected chi connectivity index (χ3v) is 4.80. The summed E-state index contributed by atoms with van der Waals surface area (Å²) in [6.45, 7) is 2.65. The monoisotopic (exact) mass is 261 g/mol. The third-order valence-electron chi connectivity index (χ3n) is 4.80. The molecule has 4 heteroatoms. The highest BCUT2D eigenvalue weighted by atomic mass is 16.5. The number of nitrogens with one attached hydrogen (secondary N) is 1. The predicted molar refractivity (Wildman–Crippen MR) is 74.4 cm³/mol. The second-order valence-electron chi connectivity index (χ2n) is 5.87. The van der Waals surface area contributed by atoms with Crippen LogP contribution in [0.5, 0.6) is 5.75 Å². The van der Waals surface area contributed by atoms with E-state index in [1.54, 1.807) is 6.20 Å². The third kappa shape index (κ3) is 2.47. The van der Waals surface area contributed by atoms with Crippen LogP contribution in [-0.4, -0.2) is 11.6 Å². The summed E-state index contributed by atoms with van der Waals surface area (Å²) in [5, 5.41) is 0. The van der Waals surface area contributed by atoms with E-state index in [1.165, 1.54) is 25.7 Å². The summed E-state index contributed by atoms with van der Waals surface area (Å²) in [6.07, 6.45) is 9.15. The van der Waals surface area contributed by atoms with Crippen LogP contribution in [0.1, 0.15) is 44.2 Å². The van der Waals surface area contributed by atoms with Gasteiger partial charge in [0.1, 0.15) is 5.75 Å². The lowest BCUT2D eigenvalue weighted by atomic mass is 9.81. The van der Waals surface area contributed by atoms with E-state index < -0.39 is 0 Å². The molecule has 0 aliphatic heterocycles. The minimum atomic E-state index is 0.211. The lowest BCUT2D eigenvalue weighted by Crippen LogP contribution is -2.35.